The average Bonchev–Trinajstić information content (AvgIpc) is 0.764. The third-order valence-electron chi connectivity index (χ3n) is 17.9. The van der Waals surface area contributed by atoms with E-state index in [9.17, 15) is 74.9 Å². The number of phosphoric acid groups is 1. The number of aliphatic hydroxyl groups is 10. The summed E-state index contributed by atoms with van der Waals surface area (Å²) in [6.07, 6.45) is 16.9. The summed E-state index contributed by atoms with van der Waals surface area (Å²) in [5.41, 5.74) is 0. The van der Waals surface area contributed by atoms with Crippen molar-refractivity contribution in [3.05, 3.63) is 48.6 Å². The van der Waals surface area contributed by atoms with Crippen LogP contribution in [0.2, 0.25) is 0 Å². The molecule has 1 saturated carbocycles. The maximum absolute atomic E-state index is 14.3. The van der Waals surface area contributed by atoms with E-state index in [0.29, 0.717) is 19.3 Å². The summed E-state index contributed by atoms with van der Waals surface area (Å²) in [4.78, 5) is 50.8. The summed E-state index contributed by atoms with van der Waals surface area (Å²) in [5.74, 6) is -2.29. The Labute approximate surface area is 578 Å². The third kappa shape index (κ3) is 37.1. The Kier molecular flexibility index (Phi) is 48.8. The second-order valence-corrected chi connectivity index (χ2v) is 27.8. The molecule has 0 radical (unpaired) electrons. The Hall–Kier alpha value is -3.08. The van der Waals surface area contributed by atoms with Crippen LogP contribution >= 0.6 is 7.82 Å². The van der Waals surface area contributed by atoms with E-state index >= 15 is 0 Å². The van der Waals surface area contributed by atoms with Crippen molar-refractivity contribution >= 4 is 25.7 Å². The number of ether oxygens (including phenoxy) is 7. The lowest BCUT2D eigenvalue weighted by Crippen LogP contribution is -2.69. The van der Waals surface area contributed by atoms with Crippen LogP contribution in [0.5, 0.6) is 0 Å². The predicted molar refractivity (Wildman–Crippen MR) is 365 cm³/mol. The van der Waals surface area contributed by atoms with Crippen LogP contribution in [0.25, 0.3) is 0 Å². The van der Waals surface area contributed by atoms with Gasteiger partial charge in [0.25, 0.3) is 0 Å². The van der Waals surface area contributed by atoms with Gasteiger partial charge in [-0.25, -0.2) is 9.36 Å². The first kappa shape index (κ1) is 88.1. The van der Waals surface area contributed by atoms with E-state index in [-0.39, 0.29) is 12.8 Å². The maximum atomic E-state index is 14.3. The highest BCUT2D eigenvalue weighted by atomic mass is 31.2. The van der Waals surface area contributed by atoms with Crippen molar-refractivity contribution in [1.29, 1.82) is 0 Å². The van der Waals surface area contributed by atoms with Gasteiger partial charge in [-0.1, -0.05) is 211 Å². The smallest absolute Gasteiger partial charge is 0.463 e. The molecule has 24 nitrogen and oxygen atoms in total. The van der Waals surface area contributed by atoms with Crippen LogP contribution in [0, 0.1) is 0 Å². The first-order valence-corrected chi connectivity index (χ1v) is 38.5. The average molecular weight is 1410 g/mol. The molecule has 3 fully saturated rings. The lowest BCUT2D eigenvalue weighted by molar-refractivity contribution is -0.360. The van der Waals surface area contributed by atoms with Crippen molar-refractivity contribution in [3.63, 3.8) is 0 Å². The van der Waals surface area contributed by atoms with Crippen LogP contribution in [0.1, 0.15) is 258 Å². The van der Waals surface area contributed by atoms with Crippen LogP contribution in [-0.4, -0.2) is 204 Å². The first-order valence-electron chi connectivity index (χ1n) is 37.0. The molecule has 0 spiro atoms. The highest BCUT2D eigenvalue weighted by Crippen LogP contribution is 2.49. The Bertz CT molecular complexity index is 2200. The molecule has 18 atom stereocenters. The zero-order chi connectivity index (χ0) is 71.1. The predicted octanol–water partition coefficient (Wildman–Crippen LogP) is 9.68. The number of allylic oxidation sites excluding steroid dienone is 7. The van der Waals surface area contributed by atoms with Gasteiger partial charge in [-0.15, -0.1) is 0 Å². The molecule has 0 amide bonds. The minimum absolute atomic E-state index is 0.00302. The number of phosphoric ester groups is 1. The molecule has 564 valence electrons. The van der Waals surface area contributed by atoms with Crippen LogP contribution < -0.4 is 0 Å². The SMILES string of the molecule is CCCCCCCC/C=C\CCCCCC(=O)OC(COC(=O)/C=C/C=C/CCCCCCCCCCCCC)COP(=O)(O)OC1C(OC2OC(CO)C(O)C(O)C2O)C(O)C(O)C(O)C1OC1OC(COC(=O)CCCCC/C=C\CCCCCCCCC)C(O)C(O)C1O. The summed E-state index contributed by atoms with van der Waals surface area (Å²) in [6, 6.07) is 0. The monoisotopic (exact) mass is 1410 g/mol. The van der Waals surface area contributed by atoms with Gasteiger partial charge in [0.05, 0.1) is 13.2 Å². The molecular weight excluding hydrogens is 1280 g/mol. The molecular formula is C72H127O24P. The summed E-state index contributed by atoms with van der Waals surface area (Å²) in [5, 5.41) is 110. The first-order chi connectivity index (χ1) is 46.8. The van der Waals surface area contributed by atoms with Gasteiger partial charge in [0.15, 0.2) is 18.7 Å². The van der Waals surface area contributed by atoms with Crippen LogP contribution in [0.15, 0.2) is 48.6 Å². The van der Waals surface area contributed by atoms with Gasteiger partial charge in [-0.3, -0.25) is 18.6 Å². The van der Waals surface area contributed by atoms with E-state index in [1.807, 2.05) is 6.08 Å². The molecule has 1 aliphatic carbocycles. The molecule has 18 unspecified atom stereocenters. The fraction of sp³-hybridized carbons (Fsp3) is 0.847. The Morgan fingerprint density at radius 2 is 0.804 bits per heavy atom. The zero-order valence-corrected chi connectivity index (χ0v) is 59.5. The number of carbonyl (C=O) groups is 3. The van der Waals surface area contributed by atoms with Crippen LogP contribution in [0.4, 0.5) is 0 Å². The fourth-order valence-corrected chi connectivity index (χ4v) is 12.8. The highest BCUT2D eigenvalue weighted by Gasteiger charge is 2.58. The normalized spacial score (nSPS) is 28.1. The van der Waals surface area contributed by atoms with E-state index in [1.54, 1.807) is 6.08 Å². The van der Waals surface area contributed by atoms with Crippen LogP contribution in [-0.2, 0) is 61.2 Å². The van der Waals surface area contributed by atoms with Crippen molar-refractivity contribution in [2.24, 2.45) is 0 Å². The number of carbonyl (C=O) groups excluding carboxylic acids is 3. The van der Waals surface area contributed by atoms with Gasteiger partial charge in [-0.05, 0) is 77.0 Å². The van der Waals surface area contributed by atoms with Gasteiger partial charge in [0, 0.05) is 18.9 Å². The van der Waals surface area contributed by atoms with Crippen LogP contribution in [0.3, 0.4) is 0 Å². The van der Waals surface area contributed by atoms with E-state index < -0.39 is 156 Å². The minimum atomic E-state index is -5.72. The standard InChI is InChI=1S/C72H127O24P/c1-4-7-10-13-16-19-22-25-27-30-32-34-37-40-43-46-56(74)88-50-53(91-58(76)48-45-42-39-36-33-28-24-21-18-15-12-9-6-3)51-90-97(86,87)96-70-68(94-71-66(84)61(79)59(77)54(49-73)92-71)64(82)63(81)65(83)69(70)95-72-67(85)62(80)60(78)55(93-72)52-89-57(75)47-44-41-38-35-31-29-26-23-20-17-14-11-8-5-2/h28-29,31,33,37,40,43,46,53-55,59-73,77-85H,4-27,30,32,34-36,38-39,41-42,44-45,47-52H2,1-3H3,(H,86,87)/b31-29-,33-28-,40-37+,46-43+. The largest absolute Gasteiger partial charge is 0.472 e. The summed E-state index contributed by atoms with van der Waals surface area (Å²) in [7, 11) is -5.72. The fourth-order valence-electron chi connectivity index (χ4n) is 11.8. The Morgan fingerprint density at radius 1 is 0.423 bits per heavy atom. The van der Waals surface area contributed by atoms with Crippen molar-refractivity contribution in [1.82, 2.24) is 0 Å². The Balaban J connectivity index is 1.77. The molecule has 3 aliphatic rings. The molecule has 0 bridgehead atoms. The number of unbranched alkanes of at least 4 members (excludes halogenated alkanes) is 30. The molecule has 25 heteroatoms. The molecule has 97 heavy (non-hydrogen) atoms. The lowest BCUT2D eigenvalue weighted by atomic mass is 9.84. The number of rotatable bonds is 56. The molecule has 2 heterocycles. The molecule has 0 aromatic heterocycles. The minimum Gasteiger partial charge on any atom is -0.463 e. The Morgan fingerprint density at radius 3 is 1.25 bits per heavy atom. The number of hydrogen-bond donors (Lipinski definition) is 11. The second kappa shape index (κ2) is 53.7. The highest BCUT2D eigenvalue weighted by molar-refractivity contribution is 7.47. The summed E-state index contributed by atoms with van der Waals surface area (Å²) in [6.45, 7) is 3.27. The summed E-state index contributed by atoms with van der Waals surface area (Å²) >= 11 is 0. The zero-order valence-electron chi connectivity index (χ0n) is 58.6. The lowest BCUT2D eigenvalue weighted by Gasteiger charge is -2.49. The number of esters is 3. The number of aliphatic hydroxyl groups excluding tert-OH is 10. The van der Waals surface area contributed by atoms with E-state index in [0.717, 1.165) is 89.5 Å². The number of hydrogen-bond acceptors (Lipinski definition) is 23. The van der Waals surface area contributed by atoms with Crippen molar-refractivity contribution in [3.8, 4) is 0 Å². The van der Waals surface area contributed by atoms with Crippen molar-refractivity contribution in [2.75, 3.05) is 26.4 Å². The van der Waals surface area contributed by atoms with Crippen molar-refractivity contribution in [2.45, 2.75) is 362 Å². The second-order valence-electron chi connectivity index (χ2n) is 26.4. The van der Waals surface area contributed by atoms with Gasteiger partial charge < -0.3 is 89.1 Å². The van der Waals surface area contributed by atoms with E-state index in [4.69, 9.17) is 42.2 Å². The topological polar surface area (TPSA) is 374 Å². The molecule has 0 aromatic rings. The molecule has 2 aliphatic heterocycles. The summed E-state index contributed by atoms with van der Waals surface area (Å²) < 4.78 is 64.7. The van der Waals surface area contributed by atoms with Gasteiger partial charge >= 0.3 is 25.7 Å². The van der Waals surface area contributed by atoms with Gasteiger partial charge in [-0.2, -0.15) is 0 Å². The quantitative estimate of drug-likeness (QED) is 0.00513. The van der Waals surface area contributed by atoms with E-state index in [1.165, 1.54) is 128 Å². The molecule has 2 saturated heterocycles. The molecule has 11 N–H and O–H groups in total. The molecule has 3 rings (SSSR count). The van der Waals surface area contributed by atoms with Gasteiger partial charge in [0.1, 0.15) is 98.7 Å². The maximum Gasteiger partial charge on any atom is 0.472 e. The van der Waals surface area contributed by atoms with Crippen molar-refractivity contribution < 1.29 is 117 Å². The van der Waals surface area contributed by atoms with E-state index in [2.05, 4.69) is 45.1 Å². The van der Waals surface area contributed by atoms with Gasteiger partial charge in [0.2, 0.25) is 0 Å². The third-order valence-corrected chi connectivity index (χ3v) is 18.9. The molecule has 0 aromatic carbocycles.